The summed E-state index contributed by atoms with van der Waals surface area (Å²) in [6.07, 6.45) is 0.745. The predicted molar refractivity (Wildman–Crippen MR) is 128 cm³/mol. The van der Waals surface area contributed by atoms with Crippen molar-refractivity contribution in [1.29, 1.82) is 0 Å². The highest BCUT2D eigenvalue weighted by molar-refractivity contribution is 5.91. The highest BCUT2D eigenvalue weighted by atomic mass is 16.2. The molecule has 1 aliphatic heterocycles. The number of rotatable bonds is 3. The molecule has 0 radical (unpaired) electrons. The molecule has 1 N–H and O–H groups in total. The number of hydrogen-bond acceptors (Lipinski definition) is 5. The van der Waals surface area contributed by atoms with Gasteiger partial charge in [-0.2, -0.15) is 5.10 Å². The lowest BCUT2D eigenvalue weighted by atomic mass is 10.1. The molecule has 8 heteroatoms. The second kappa shape index (κ2) is 8.41. The number of benzene rings is 1. The van der Waals surface area contributed by atoms with Gasteiger partial charge in [0.15, 0.2) is 5.65 Å². The third-order valence-corrected chi connectivity index (χ3v) is 5.67. The van der Waals surface area contributed by atoms with Gasteiger partial charge < -0.3 is 15.1 Å². The molecular formula is C24H33N7O. The minimum absolute atomic E-state index is 0.0115. The maximum atomic E-state index is 12.6. The van der Waals surface area contributed by atoms with Gasteiger partial charge in [0.05, 0.1) is 16.8 Å². The van der Waals surface area contributed by atoms with Crippen molar-refractivity contribution in [2.75, 3.05) is 31.1 Å². The molecule has 4 rings (SSSR count). The van der Waals surface area contributed by atoms with Crippen LogP contribution < -0.4 is 10.2 Å². The average Bonchev–Trinajstić information content (AvgIpc) is 3.09. The molecule has 170 valence electrons. The number of nitrogens with one attached hydrogen (secondary N) is 1. The van der Waals surface area contributed by atoms with Crippen molar-refractivity contribution in [2.24, 2.45) is 0 Å². The minimum Gasteiger partial charge on any atom is -0.352 e. The normalized spacial score (nSPS) is 14.8. The van der Waals surface area contributed by atoms with Gasteiger partial charge in [-0.1, -0.05) is 24.6 Å². The lowest BCUT2D eigenvalue weighted by Crippen LogP contribution is -2.55. The average molecular weight is 436 g/mol. The first-order valence-electron chi connectivity index (χ1n) is 11.3. The predicted octanol–water partition coefficient (Wildman–Crippen LogP) is 3.62. The fourth-order valence-electron chi connectivity index (χ4n) is 3.98. The van der Waals surface area contributed by atoms with Gasteiger partial charge in [-0.15, -0.1) is 0 Å². The number of urea groups is 1. The molecule has 0 atom stereocenters. The molecule has 1 saturated heterocycles. The molecule has 1 aliphatic rings. The van der Waals surface area contributed by atoms with E-state index in [0.29, 0.717) is 13.1 Å². The maximum absolute atomic E-state index is 12.6. The van der Waals surface area contributed by atoms with E-state index in [1.54, 1.807) is 0 Å². The Bertz CT molecular complexity index is 1120. The number of aryl methyl sites for hydroxylation is 3. The Balaban J connectivity index is 1.66. The van der Waals surface area contributed by atoms with E-state index >= 15 is 0 Å². The van der Waals surface area contributed by atoms with Crippen molar-refractivity contribution < 1.29 is 4.79 Å². The summed E-state index contributed by atoms with van der Waals surface area (Å²) in [5, 5.41) is 8.85. The van der Waals surface area contributed by atoms with Gasteiger partial charge in [0.2, 0.25) is 0 Å². The Morgan fingerprint density at radius 1 is 1.03 bits per heavy atom. The molecular weight excluding hydrogens is 402 g/mol. The largest absolute Gasteiger partial charge is 0.352 e. The third-order valence-electron chi connectivity index (χ3n) is 5.67. The second-order valence-corrected chi connectivity index (χ2v) is 9.50. The van der Waals surface area contributed by atoms with E-state index in [0.717, 1.165) is 53.6 Å². The lowest BCUT2D eigenvalue weighted by Gasteiger charge is -2.37. The molecule has 8 nitrogen and oxygen atoms in total. The summed E-state index contributed by atoms with van der Waals surface area (Å²) in [5.41, 5.74) is 3.70. The van der Waals surface area contributed by atoms with Gasteiger partial charge in [0.25, 0.3) is 0 Å². The van der Waals surface area contributed by atoms with E-state index in [9.17, 15) is 4.79 Å². The summed E-state index contributed by atoms with van der Waals surface area (Å²) in [5.74, 6) is 1.72. The zero-order valence-electron chi connectivity index (χ0n) is 19.9. The van der Waals surface area contributed by atoms with Crippen molar-refractivity contribution >= 4 is 22.9 Å². The van der Waals surface area contributed by atoms with Crippen LogP contribution in [0.4, 0.5) is 10.6 Å². The van der Waals surface area contributed by atoms with Gasteiger partial charge in [-0.05, 0) is 46.8 Å². The summed E-state index contributed by atoms with van der Waals surface area (Å²) >= 11 is 0. The highest BCUT2D eigenvalue weighted by Crippen LogP contribution is 2.30. The van der Waals surface area contributed by atoms with E-state index in [2.05, 4.69) is 48.3 Å². The number of aromatic nitrogens is 4. The van der Waals surface area contributed by atoms with Gasteiger partial charge in [0.1, 0.15) is 11.6 Å². The van der Waals surface area contributed by atoms with Gasteiger partial charge in [0, 0.05) is 38.1 Å². The Hall–Kier alpha value is -3.16. The monoisotopic (exact) mass is 435 g/mol. The number of anilines is 1. The van der Waals surface area contributed by atoms with Crippen molar-refractivity contribution in [3.63, 3.8) is 0 Å². The van der Waals surface area contributed by atoms with Crippen LogP contribution in [-0.4, -0.2) is 62.4 Å². The molecule has 32 heavy (non-hydrogen) atoms. The Morgan fingerprint density at radius 2 is 1.69 bits per heavy atom. The van der Waals surface area contributed by atoms with E-state index < -0.39 is 0 Å². The van der Waals surface area contributed by atoms with Gasteiger partial charge in [-0.25, -0.2) is 19.4 Å². The van der Waals surface area contributed by atoms with E-state index in [1.165, 1.54) is 5.56 Å². The van der Waals surface area contributed by atoms with Gasteiger partial charge >= 0.3 is 6.03 Å². The Labute approximate surface area is 189 Å². The first kappa shape index (κ1) is 22.0. The van der Waals surface area contributed by atoms with E-state index in [4.69, 9.17) is 15.1 Å². The van der Waals surface area contributed by atoms with Crippen LogP contribution in [0, 0.1) is 13.8 Å². The molecule has 0 bridgehead atoms. The number of fused-ring (bicyclic) bond motifs is 1. The second-order valence-electron chi connectivity index (χ2n) is 9.50. The fraction of sp³-hybridized carbons (Fsp3) is 0.500. The number of amides is 2. The zero-order valence-corrected chi connectivity index (χ0v) is 19.9. The molecule has 2 amide bonds. The molecule has 0 saturated carbocycles. The number of carbonyl (C=O) groups excluding carboxylic acids is 1. The first-order valence-corrected chi connectivity index (χ1v) is 11.3. The molecule has 2 aromatic heterocycles. The van der Waals surface area contributed by atoms with Crippen LogP contribution in [0.3, 0.4) is 0 Å². The van der Waals surface area contributed by atoms with Crippen LogP contribution >= 0.6 is 0 Å². The Morgan fingerprint density at radius 3 is 2.28 bits per heavy atom. The van der Waals surface area contributed by atoms with Crippen LogP contribution in [0.15, 0.2) is 24.3 Å². The summed E-state index contributed by atoms with van der Waals surface area (Å²) in [4.78, 5) is 26.4. The van der Waals surface area contributed by atoms with Gasteiger partial charge in [-0.3, -0.25) is 0 Å². The first-order chi connectivity index (χ1) is 15.2. The molecule has 0 aliphatic carbocycles. The van der Waals surface area contributed by atoms with Crippen LogP contribution in [0.5, 0.6) is 0 Å². The quantitative estimate of drug-likeness (QED) is 0.680. The fourth-order valence-corrected chi connectivity index (χ4v) is 3.98. The summed E-state index contributed by atoms with van der Waals surface area (Å²) in [6, 6.07) is 8.30. The van der Waals surface area contributed by atoms with Crippen LogP contribution in [0.1, 0.15) is 44.8 Å². The third kappa shape index (κ3) is 4.40. The lowest BCUT2D eigenvalue weighted by molar-refractivity contribution is 0.185. The van der Waals surface area contributed by atoms with Crippen molar-refractivity contribution in [3.8, 4) is 5.69 Å². The highest BCUT2D eigenvalue weighted by Gasteiger charge is 2.27. The van der Waals surface area contributed by atoms with Crippen molar-refractivity contribution in [2.45, 2.75) is 53.5 Å². The molecule has 0 spiro atoms. The molecule has 1 aromatic carbocycles. The molecule has 3 heterocycles. The summed E-state index contributed by atoms with van der Waals surface area (Å²) in [7, 11) is 0. The van der Waals surface area contributed by atoms with Crippen LogP contribution in [-0.2, 0) is 6.42 Å². The SMILES string of the molecule is CCc1nc(N2CCN(C(=O)NC(C)(C)C)CC2)c2c(C)nn(-c3ccc(C)cc3)c2n1. The topological polar surface area (TPSA) is 79.2 Å². The van der Waals surface area contributed by atoms with E-state index in [-0.39, 0.29) is 11.6 Å². The zero-order chi connectivity index (χ0) is 23.0. The summed E-state index contributed by atoms with van der Waals surface area (Å²) < 4.78 is 1.92. The van der Waals surface area contributed by atoms with Crippen molar-refractivity contribution in [3.05, 3.63) is 41.3 Å². The van der Waals surface area contributed by atoms with Crippen LogP contribution in [0.2, 0.25) is 0 Å². The maximum Gasteiger partial charge on any atom is 0.317 e. The number of nitrogens with zero attached hydrogens (tertiary/aromatic N) is 6. The molecule has 0 unspecified atom stereocenters. The number of hydrogen-bond donors (Lipinski definition) is 1. The minimum atomic E-state index is -0.245. The number of carbonyl (C=O) groups is 1. The standard InChI is InChI=1S/C24H33N7O/c1-7-19-25-21(29-12-14-30(15-13-29)23(32)27-24(4,5)6)20-17(3)28-31(22(20)26-19)18-10-8-16(2)9-11-18/h8-11H,7,12-15H2,1-6H3,(H,27,32). The van der Waals surface area contributed by atoms with Crippen molar-refractivity contribution in [1.82, 2.24) is 30.0 Å². The van der Waals surface area contributed by atoms with E-state index in [1.807, 2.05) is 37.3 Å². The molecule has 3 aromatic rings. The Kier molecular flexibility index (Phi) is 5.79. The number of piperazine rings is 1. The smallest absolute Gasteiger partial charge is 0.317 e. The molecule has 1 fully saturated rings. The van der Waals surface area contributed by atoms with Crippen LogP contribution in [0.25, 0.3) is 16.7 Å². The summed E-state index contributed by atoms with van der Waals surface area (Å²) in [6.45, 7) is 14.9.